The molecule has 1 atom stereocenters. The fraction of sp³-hybridized carbons (Fsp3) is 0.367. The molecule has 0 aromatic heterocycles. The van der Waals surface area contributed by atoms with E-state index in [2.05, 4.69) is 55.6 Å². The summed E-state index contributed by atoms with van der Waals surface area (Å²) in [5.74, 6) is 2.12. The lowest BCUT2D eigenvalue weighted by Gasteiger charge is -2.38. The summed E-state index contributed by atoms with van der Waals surface area (Å²) in [4.78, 5) is 14.1. The third kappa shape index (κ3) is 4.96. The van der Waals surface area contributed by atoms with Gasteiger partial charge in [-0.05, 0) is 97.2 Å². The Balaban J connectivity index is 1.72. The highest BCUT2D eigenvalue weighted by Gasteiger charge is 2.43. The number of carbonyl (C=O) groups excluding carboxylic acids is 1. The van der Waals surface area contributed by atoms with Gasteiger partial charge in [0.2, 0.25) is 5.91 Å². The average Bonchev–Trinajstić information content (AvgIpc) is 2.85. The molecule has 3 aromatic carbocycles. The third-order valence-electron chi connectivity index (χ3n) is 6.89. The predicted octanol–water partition coefficient (Wildman–Crippen LogP) is 6.67. The van der Waals surface area contributed by atoms with Gasteiger partial charge in [-0.3, -0.25) is 4.79 Å². The van der Waals surface area contributed by atoms with Crippen LogP contribution in [0.4, 0.5) is 5.69 Å². The first kappa shape index (κ1) is 23.9. The minimum Gasteiger partial charge on any atom is -0.497 e. The molecule has 1 amide bonds. The number of hydrogen-bond donors (Lipinski definition) is 1. The summed E-state index contributed by atoms with van der Waals surface area (Å²) in [7, 11) is 1.68. The largest absolute Gasteiger partial charge is 0.497 e. The Bertz CT molecular complexity index is 1120. The monoisotopic (exact) mass is 457 g/mol. The molecular formula is C30H35NO3. The minimum absolute atomic E-state index is 0.0351. The molecule has 0 saturated heterocycles. The van der Waals surface area contributed by atoms with E-state index in [0.29, 0.717) is 18.9 Å². The third-order valence-corrected chi connectivity index (χ3v) is 6.89. The molecule has 178 valence electrons. The van der Waals surface area contributed by atoms with Crippen LogP contribution in [0.1, 0.15) is 61.8 Å². The summed E-state index contributed by atoms with van der Waals surface area (Å²) in [6.45, 7) is 6.96. The number of anilines is 1. The van der Waals surface area contributed by atoms with E-state index in [4.69, 9.17) is 9.47 Å². The summed E-state index contributed by atoms with van der Waals surface area (Å²) >= 11 is 0. The van der Waals surface area contributed by atoms with Crippen LogP contribution >= 0.6 is 0 Å². The fourth-order valence-electron chi connectivity index (χ4n) is 4.98. The Labute approximate surface area is 203 Å². The van der Waals surface area contributed by atoms with Crippen molar-refractivity contribution in [3.63, 3.8) is 0 Å². The maximum atomic E-state index is 14.1. The number of nitrogens with one attached hydrogen (secondary N) is 1. The number of amides is 1. The fourth-order valence-corrected chi connectivity index (χ4v) is 4.98. The standard InChI is InChI=1S/C30H35NO3/c1-5-34-26-15-8-22(9-16-26)20-30(18-6-7-24-12-17-27(33-4)19-28(24)30)29(32)31-25-13-10-23(11-14-25)21(2)3/h8-17,19,21H,5-7,18,20H2,1-4H3,(H,31,32). The molecule has 0 spiro atoms. The van der Waals surface area contributed by atoms with E-state index in [0.717, 1.165) is 47.6 Å². The van der Waals surface area contributed by atoms with E-state index >= 15 is 0 Å². The number of ether oxygens (including phenoxy) is 2. The number of fused-ring (bicyclic) bond motifs is 1. The normalized spacial score (nSPS) is 17.2. The number of hydrogen-bond acceptors (Lipinski definition) is 3. The summed E-state index contributed by atoms with van der Waals surface area (Å²) in [6, 6.07) is 22.5. The summed E-state index contributed by atoms with van der Waals surface area (Å²) in [5.41, 5.74) is 4.83. The number of aryl methyl sites for hydroxylation is 1. The minimum atomic E-state index is -0.675. The molecule has 34 heavy (non-hydrogen) atoms. The van der Waals surface area contributed by atoms with Gasteiger partial charge in [0.15, 0.2) is 0 Å². The van der Waals surface area contributed by atoms with E-state index in [9.17, 15) is 4.79 Å². The smallest absolute Gasteiger partial charge is 0.235 e. The molecule has 4 rings (SSSR count). The van der Waals surface area contributed by atoms with E-state index in [-0.39, 0.29) is 5.91 Å². The van der Waals surface area contributed by atoms with Crippen molar-refractivity contribution in [3.05, 3.63) is 89.0 Å². The molecule has 4 nitrogen and oxygen atoms in total. The molecule has 0 heterocycles. The quantitative estimate of drug-likeness (QED) is 0.411. The first-order valence-corrected chi connectivity index (χ1v) is 12.3. The number of methoxy groups -OCH3 is 1. The van der Waals surface area contributed by atoms with Gasteiger partial charge in [-0.2, -0.15) is 0 Å². The Morgan fingerprint density at radius 2 is 1.71 bits per heavy atom. The van der Waals surface area contributed by atoms with Gasteiger partial charge < -0.3 is 14.8 Å². The number of rotatable bonds is 8. The van der Waals surface area contributed by atoms with Crippen LogP contribution in [0, 0.1) is 0 Å². The van der Waals surface area contributed by atoms with Crippen LogP contribution in [0.25, 0.3) is 0 Å². The average molecular weight is 458 g/mol. The van der Waals surface area contributed by atoms with E-state index in [1.54, 1.807) is 7.11 Å². The first-order valence-electron chi connectivity index (χ1n) is 12.3. The van der Waals surface area contributed by atoms with Gasteiger partial charge in [-0.1, -0.05) is 44.2 Å². The summed E-state index contributed by atoms with van der Waals surface area (Å²) in [5, 5.41) is 3.24. The second kappa shape index (κ2) is 10.3. The van der Waals surface area contributed by atoms with Gasteiger partial charge in [0.25, 0.3) is 0 Å². The molecule has 1 aliphatic rings. The van der Waals surface area contributed by atoms with Crippen LogP contribution in [0.5, 0.6) is 11.5 Å². The molecule has 1 aliphatic carbocycles. The van der Waals surface area contributed by atoms with Crippen LogP contribution < -0.4 is 14.8 Å². The lowest BCUT2D eigenvalue weighted by atomic mass is 9.66. The molecular weight excluding hydrogens is 422 g/mol. The van der Waals surface area contributed by atoms with E-state index < -0.39 is 5.41 Å². The molecule has 0 fully saturated rings. The number of benzene rings is 3. The zero-order valence-corrected chi connectivity index (χ0v) is 20.7. The molecule has 1 N–H and O–H groups in total. The molecule has 0 bridgehead atoms. The summed E-state index contributed by atoms with van der Waals surface area (Å²) in [6.07, 6.45) is 3.35. The molecule has 0 aliphatic heterocycles. The number of carbonyl (C=O) groups is 1. The van der Waals surface area contributed by atoms with Gasteiger partial charge >= 0.3 is 0 Å². The summed E-state index contributed by atoms with van der Waals surface area (Å²) < 4.78 is 11.2. The Morgan fingerprint density at radius 1 is 1.00 bits per heavy atom. The molecule has 0 radical (unpaired) electrons. The Hall–Kier alpha value is -3.27. The highest BCUT2D eigenvalue weighted by molar-refractivity contribution is 6.00. The predicted molar refractivity (Wildman–Crippen MR) is 138 cm³/mol. The molecule has 1 unspecified atom stereocenters. The molecule has 0 saturated carbocycles. The topological polar surface area (TPSA) is 47.6 Å². The lowest BCUT2D eigenvalue weighted by molar-refractivity contribution is -0.122. The van der Waals surface area contributed by atoms with Crippen molar-refractivity contribution >= 4 is 11.6 Å². The van der Waals surface area contributed by atoms with Gasteiger partial charge in [0.05, 0.1) is 19.1 Å². The maximum Gasteiger partial charge on any atom is 0.235 e. The van der Waals surface area contributed by atoms with Crippen LogP contribution in [0.15, 0.2) is 66.7 Å². The van der Waals surface area contributed by atoms with Crippen LogP contribution in [-0.4, -0.2) is 19.6 Å². The van der Waals surface area contributed by atoms with Crippen LogP contribution in [0.2, 0.25) is 0 Å². The highest BCUT2D eigenvalue weighted by atomic mass is 16.5. The van der Waals surface area contributed by atoms with Crippen molar-refractivity contribution in [2.45, 2.75) is 57.8 Å². The van der Waals surface area contributed by atoms with E-state index in [1.807, 2.05) is 37.3 Å². The van der Waals surface area contributed by atoms with Crippen LogP contribution in [-0.2, 0) is 23.1 Å². The highest BCUT2D eigenvalue weighted by Crippen LogP contribution is 2.43. The molecule has 3 aromatic rings. The van der Waals surface area contributed by atoms with Gasteiger partial charge in [0, 0.05) is 5.69 Å². The maximum absolute atomic E-state index is 14.1. The SMILES string of the molecule is CCOc1ccc(CC2(C(=O)Nc3ccc(C(C)C)cc3)CCCc3ccc(OC)cc32)cc1. The zero-order valence-electron chi connectivity index (χ0n) is 20.7. The second-order valence-electron chi connectivity index (χ2n) is 9.44. The Kier molecular flexibility index (Phi) is 7.26. The molecule has 4 heteroatoms. The van der Waals surface area contributed by atoms with Gasteiger partial charge in [-0.15, -0.1) is 0 Å². The van der Waals surface area contributed by atoms with Crippen molar-refractivity contribution in [1.29, 1.82) is 0 Å². The van der Waals surface area contributed by atoms with Crippen molar-refractivity contribution in [3.8, 4) is 11.5 Å². The Morgan fingerprint density at radius 3 is 2.35 bits per heavy atom. The van der Waals surface area contributed by atoms with Crippen molar-refractivity contribution in [2.75, 3.05) is 19.0 Å². The van der Waals surface area contributed by atoms with Crippen molar-refractivity contribution in [1.82, 2.24) is 0 Å². The van der Waals surface area contributed by atoms with Crippen molar-refractivity contribution in [2.24, 2.45) is 0 Å². The van der Waals surface area contributed by atoms with Crippen LogP contribution in [0.3, 0.4) is 0 Å². The second-order valence-corrected chi connectivity index (χ2v) is 9.44. The first-order chi connectivity index (χ1) is 16.4. The van der Waals surface area contributed by atoms with Gasteiger partial charge in [0.1, 0.15) is 11.5 Å². The van der Waals surface area contributed by atoms with E-state index in [1.165, 1.54) is 11.1 Å². The lowest BCUT2D eigenvalue weighted by Crippen LogP contribution is -2.45. The zero-order chi connectivity index (χ0) is 24.1. The van der Waals surface area contributed by atoms with Crippen molar-refractivity contribution < 1.29 is 14.3 Å². The van der Waals surface area contributed by atoms with Gasteiger partial charge in [-0.25, -0.2) is 0 Å².